The van der Waals surface area contributed by atoms with E-state index in [1.54, 1.807) is 22.7 Å². The van der Waals surface area contributed by atoms with Crippen molar-refractivity contribution >= 4 is 34.3 Å². The molecule has 1 nitrogen and oxygen atoms in total. The van der Waals surface area contributed by atoms with Gasteiger partial charge in [-0.2, -0.15) is 0 Å². The molecule has 0 saturated carbocycles. The number of hydrogen-bond acceptors (Lipinski definition) is 3. The Hall–Kier alpha value is -1.94. The van der Waals surface area contributed by atoms with E-state index in [9.17, 15) is 0 Å². The van der Waals surface area contributed by atoms with E-state index in [4.69, 9.17) is 16.6 Å². The van der Waals surface area contributed by atoms with Crippen LogP contribution < -0.4 is 0 Å². The van der Waals surface area contributed by atoms with Gasteiger partial charge in [0.1, 0.15) is 5.01 Å². The minimum atomic E-state index is 0.736. The molecule has 118 valence electrons. The third-order valence-corrected chi connectivity index (χ3v) is 6.38. The van der Waals surface area contributed by atoms with E-state index in [0.717, 1.165) is 26.9 Å². The van der Waals surface area contributed by atoms with Crippen molar-refractivity contribution in [3.63, 3.8) is 0 Å². The first-order valence-corrected chi connectivity index (χ1v) is 9.66. The minimum absolute atomic E-state index is 0.736. The highest BCUT2D eigenvalue weighted by molar-refractivity contribution is 7.23. The maximum absolute atomic E-state index is 6.39. The Morgan fingerprint density at radius 2 is 1.71 bits per heavy atom. The Morgan fingerprint density at radius 1 is 0.958 bits per heavy atom. The SMILES string of the molecule is Cc1csc(-c2sc(-c3ccccc3Cl)nc2-c2ccccc2)c1. The zero-order valence-electron chi connectivity index (χ0n) is 13.0. The van der Waals surface area contributed by atoms with Crippen LogP contribution in [0.2, 0.25) is 5.02 Å². The van der Waals surface area contributed by atoms with E-state index in [1.165, 1.54) is 15.3 Å². The molecular formula is C20H14ClNS2. The molecule has 0 spiro atoms. The number of thiophene rings is 1. The van der Waals surface area contributed by atoms with Crippen molar-refractivity contribution in [2.45, 2.75) is 6.92 Å². The second kappa shape index (κ2) is 6.52. The van der Waals surface area contributed by atoms with Crippen molar-refractivity contribution in [1.82, 2.24) is 4.98 Å². The number of halogens is 1. The number of benzene rings is 2. The third-order valence-electron chi connectivity index (χ3n) is 3.73. The van der Waals surface area contributed by atoms with Crippen LogP contribution in [0.4, 0.5) is 0 Å². The van der Waals surface area contributed by atoms with Crippen LogP contribution in [0.5, 0.6) is 0 Å². The van der Waals surface area contributed by atoms with Gasteiger partial charge in [-0.3, -0.25) is 0 Å². The number of rotatable bonds is 3. The van der Waals surface area contributed by atoms with Gasteiger partial charge < -0.3 is 0 Å². The van der Waals surface area contributed by atoms with Crippen molar-refractivity contribution in [2.24, 2.45) is 0 Å². The Labute approximate surface area is 154 Å². The van der Waals surface area contributed by atoms with Gasteiger partial charge in [0.05, 0.1) is 15.6 Å². The molecule has 24 heavy (non-hydrogen) atoms. The average molecular weight is 368 g/mol. The van der Waals surface area contributed by atoms with Crippen LogP contribution in [0.15, 0.2) is 66.0 Å². The summed E-state index contributed by atoms with van der Waals surface area (Å²) in [6.45, 7) is 2.12. The molecule has 2 heterocycles. The van der Waals surface area contributed by atoms with Crippen molar-refractivity contribution in [2.75, 3.05) is 0 Å². The number of nitrogens with zero attached hydrogens (tertiary/aromatic N) is 1. The lowest BCUT2D eigenvalue weighted by Gasteiger charge is -2.00. The summed E-state index contributed by atoms with van der Waals surface area (Å²) >= 11 is 9.85. The second-order valence-electron chi connectivity index (χ2n) is 5.53. The van der Waals surface area contributed by atoms with E-state index in [2.05, 4.69) is 30.5 Å². The molecule has 0 fully saturated rings. The summed E-state index contributed by atoms with van der Waals surface area (Å²) < 4.78 is 0. The first-order valence-electron chi connectivity index (χ1n) is 7.59. The number of hydrogen-bond donors (Lipinski definition) is 0. The van der Waals surface area contributed by atoms with Gasteiger partial charge in [-0.1, -0.05) is 60.1 Å². The predicted molar refractivity (Wildman–Crippen MR) is 106 cm³/mol. The summed E-state index contributed by atoms with van der Waals surface area (Å²) in [5.74, 6) is 0. The molecule has 2 aromatic carbocycles. The third kappa shape index (κ3) is 2.91. The van der Waals surface area contributed by atoms with E-state index < -0.39 is 0 Å². The smallest absolute Gasteiger partial charge is 0.126 e. The fraction of sp³-hybridized carbons (Fsp3) is 0.0500. The fourth-order valence-corrected chi connectivity index (χ4v) is 5.01. The summed E-state index contributed by atoms with van der Waals surface area (Å²) in [4.78, 5) is 7.39. The van der Waals surface area contributed by atoms with Gasteiger partial charge in [0.2, 0.25) is 0 Å². The molecule has 0 atom stereocenters. The van der Waals surface area contributed by atoms with Gasteiger partial charge in [0.25, 0.3) is 0 Å². The highest BCUT2D eigenvalue weighted by atomic mass is 35.5. The van der Waals surface area contributed by atoms with Crippen LogP contribution >= 0.6 is 34.3 Å². The van der Waals surface area contributed by atoms with Gasteiger partial charge >= 0.3 is 0 Å². The second-order valence-corrected chi connectivity index (χ2v) is 7.85. The van der Waals surface area contributed by atoms with Crippen LogP contribution in [-0.4, -0.2) is 4.98 Å². The topological polar surface area (TPSA) is 12.9 Å². The number of aryl methyl sites for hydroxylation is 1. The highest BCUT2D eigenvalue weighted by Crippen LogP contribution is 2.43. The molecule has 0 saturated heterocycles. The van der Waals surface area contributed by atoms with Crippen LogP contribution in [0.3, 0.4) is 0 Å². The Bertz CT molecular complexity index is 986. The lowest BCUT2D eigenvalue weighted by atomic mass is 10.1. The molecule has 4 rings (SSSR count). The summed E-state index contributed by atoms with van der Waals surface area (Å²) in [7, 11) is 0. The van der Waals surface area contributed by atoms with Crippen LogP contribution in [0.25, 0.3) is 31.6 Å². The van der Waals surface area contributed by atoms with Gasteiger partial charge in [-0.15, -0.1) is 22.7 Å². The van der Waals surface area contributed by atoms with Gasteiger partial charge in [0.15, 0.2) is 0 Å². The lowest BCUT2D eigenvalue weighted by molar-refractivity contribution is 1.40. The molecule has 0 amide bonds. The first-order chi connectivity index (χ1) is 11.7. The largest absolute Gasteiger partial charge is 0.235 e. The molecule has 0 radical (unpaired) electrons. The average Bonchev–Trinajstić information content (AvgIpc) is 3.22. The Morgan fingerprint density at radius 3 is 2.42 bits per heavy atom. The fourth-order valence-electron chi connectivity index (χ4n) is 2.58. The van der Waals surface area contributed by atoms with Crippen LogP contribution in [0, 0.1) is 6.92 Å². The normalized spacial score (nSPS) is 10.9. The van der Waals surface area contributed by atoms with Gasteiger partial charge in [-0.05, 0) is 30.0 Å². The summed E-state index contributed by atoms with van der Waals surface area (Å²) in [5, 5.41) is 3.87. The van der Waals surface area contributed by atoms with Crippen molar-refractivity contribution in [3.8, 4) is 31.6 Å². The minimum Gasteiger partial charge on any atom is -0.235 e. The van der Waals surface area contributed by atoms with Crippen LogP contribution in [0.1, 0.15) is 5.56 Å². The zero-order chi connectivity index (χ0) is 16.5. The molecule has 2 aromatic heterocycles. The zero-order valence-corrected chi connectivity index (χ0v) is 15.4. The molecular weight excluding hydrogens is 354 g/mol. The molecule has 0 unspecified atom stereocenters. The molecule has 0 aliphatic heterocycles. The van der Waals surface area contributed by atoms with Crippen molar-refractivity contribution in [3.05, 3.63) is 76.6 Å². The molecule has 0 bridgehead atoms. The Balaban J connectivity index is 1.93. The molecule has 0 N–H and O–H groups in total. The monoisotopic (exact) mass is 367 g/mol. The molecule has 4 aromatic rings. The van der Waals surface area contributed by atoms with E-state index in [-0.39, 0.29) is 0 Å². The van der Waals surface area contributed by atoms with E-state index in [1.807, 2.05) is 42.5 Å². The maximum atomic E-state index is 6.39. The summed E-state index contributed by atoms with van der Waals surface area (Å²) in [6.07, 6.45) is 0. The maximum Gasteiger partial charge on any atom is 0.126 e. The number of aromatic nitrogens is 1. The van der Waals surface area contributed by atoms with E-state index >= 15 is 0 Å². The lowest BCUT2D eigenvalue weighted by Crippen LogP contribution is -1.81. The first kappa shape index (κ1) is 15.6. The van der Waals surface area contributed by atoms with Crippen LogP contribution in [-0.2, 0) is 0 Å². The summed E-state index contributed by atoms with van der Waals surface area (Å²) in [5.41, 5.74) is 4.42. The number of thiazole rings is 1. The quantitative estimate of drug-likeness (QED) is 0.374. The van der Waals surface area contributed by atoms with Crippen molar-refractivity contribution < 1.29 is 0 Å². The predicted octanol–water partition coefficient (Wildman–Crippen LogP) is 7.17. The standard InChI is InChI=1S/C20H14ClNS2/c1-13-11-17(23-12-13)19-18(14-7-3-2-4-8-14)22-20(24-19)15-9-5-6-10-16(15)21/h2-12H,1H3. The van der Waals surface area contributed by atoms with Crippen molar-refractivity contribution in [1.29, 1.82) is 0 Å². The Kier molecular flexibility index (Phi) is 4.23. The van der Waals surface area contributed by atoms with Gasteiger partial charge in [0, 0.05) is 16.0 Å². The summed E-state index contributed by atoms with van der Waals surface area (Å²) in [6, 6.07) is 20.4. The molecule has 0 aliphatic carbocycles. The van der Waals surface area contributed by atoms with E-state index in [0.29, 0.717) is 0 Å². The van der Waals surface area contributed by atoms with Gasteiger partial charge in [-0.25, -0.2) is 4.98 Å². The molecule has 4 heteroatoms. The highest BCUT2D eigenvalue weighted by Gasteiger charge is 2.18. The molecule has 0 aliphatic rings.